The molecular formula is C28H31NO8. The maximum Gasteiger partial charge on any atom is 0.334 e. The van der Waals surface area contributed by atoms with Gasteiger partial charge in [0.05, 0.1) is 10.9 Å². The normalized spacial score (nSPS) is 16.0. The number of aliphatic carboxylic acids is 1. The van der Waals surface area contributed by atoms with Crippen molar-refractivity contribution in [3.05, 3.63) is 58.1 Å². The number of benzene rings is 2. The molecule has 1 aliphatic rings. The predicted octanol–water partition coefficient (Wildman–Crippen LogP) is 2.56. The number of carbonyl (C=O) groups is 3. The van der Waals surface area contributed by atoms with Crippen LogP contribution in [0.1, 0.15) is 45.6 Å². The summed E-state index contributed by atoms with van der Waals surface area (Å²) in [5.41, 5.74) is 0.805. The van der Waals surface area contributed by atoms with Gasteiger partial charge in [-0.1, -0.05) is 19.1 Å². The lowest BCUT2D eigenvalue weighted by Crippen LogP contribution is -2.27. The fourth-order valence-electron chi connectivity index (χ4n) is 4.09. The Labute approximate surface area is 213 Å². The Bertz CT molecular complexity index is 1440. The first-order valence-electron chi connectivity index (χ1n) is 12.0. The number of rotatable bonds is 10. The highest BCUT2D eigenvalue weighted by Crippen LogP contribution is 2.28. The summed E-state index contributed by atoms with van der Waals surface area (Å²) in [5.74, 6) is -2.36. The highest BCUT2D eigenvalue weighted by atomic mass is 16.6. The van der Waals surface area contributed by atoms with Crippen LogP contribution in [0.5, 0.6) is 11.5 Å². The zero-order valence-electron chi connectivity index (χ0n) is 21.2. The first-order chi connectivity index (χ1) is 17.4. The summed E-state index contributed by atoms with van der Waals surface area (Å²) < 4.78 is 5.38. The van der Waals surface area contributed by atoms with Crippen molar-refractivity contribution >= 4 is 34.2 Å². The predicted molar refractivity (Wildman–Crippen MR) is 136 cm³/mol. The number of carbonyl (C=O) groups excluding carboxylic acids is 2. The average molecular weight is 510 g/mol. The summed E-state index contributed by atoms with van der Waals surface area (Å²) in [6, 6.07) is 4.39. The van der Waals surface area contributed by atoms with Crippen LogP contribution in [0.25, 0.3) is 16.3 Å². The second-order valence-corrected chi connectivity index (χ2v) is 9.22. The highest BCUT2D eigenvalue weighted by Gasteiger charge is 2.22. The van der Waals surface area contributed by atoms with Crippen LogP contribution in [0.3, 0.4) is 0 Å². The summed E-state index contributed by atoms with van der Waals surface area (Å²) in [7, 11) is 0. The van der Waals surface area contributed by atoms with Crippen LogP contribution >= 0.6 is 0 Å². The van der Waals surface area contributed by atoms with E-state index in [4.69, 9.17) is 9.84 Å². The smallest absolute Gasteiger partial charge is 0.334 e. The molecule has 2 aromatic carbocycles. The third-order valence-corrected chi connectivity index (χ3v) is 6.42. The minimum atomic E-state index is -1.10. The van der Waals surface area contributed by atoms with Gasteiger partial charge in [0.25, 0.3) is 5.91 Å². The van der Waals surface area contributed by atoms with Gasteiger partial charge in [0.15, 0.2) is 0 Å². The Morgan fingerprint density at radius 3 is 2.46 bits per heavy atom. The van der Waals surface area contributed by atoms with E-state index in [2.05, 4.69) is 4.99 Å². The summed E-state index contributed by atoms with van der Waals surface area (Å²) in [6.07, 6.45) is 3.76. The van der Waals surface area contributed by atoms with E-state index in [9.17, 15) is 29.7 Å². The number of hydrogen-bond acceptors (Lipinski definition) is 7. The number of allylic oxidation sites excluding steroid dienone is 1. The molecule has 1 amide bonds. The molecule has 196 valence electrons. The molecule has 1 heterocycles. The minimum Gasteiger partial charge on any atom is -0.508 e. The van der Waals surface area contributed by atoms with Crippen LogP contribution in [-0.2, 0) is 19.1 Å². The summed E-state index contributed by atoms with van der Waals surface area (Å²) >= 11 is 0. The van der Waals surface area contributed by atoms with Crippen molar-refractivity contribution in [1.29, 1.82) is 0 Å². The Morgan fingerprint density at radius 2 is 1.81 bits per heavy atom. The monoisotopic (exact) mass is 509 g/mol. The number of phenolic OH excluding ortho intramolecular Hbond substituents is 2. The summed E-state index contributed by atoms with van der Waals surface area (Å²) in [4.78, 5) is 40.2. The molecule has 3 rings (SSSR count). The Balaban J connectivity index is 1.85. The van der Waals surface area contributed by atoms with Crippen molar-refractivity contribution in [1.82, 2.24) is 0 Å². The average Bonchev–Trinajstić information content (AvgIpc) is 3.14. The van der Waals surface area contributed by atoms with Crippen molar-refractivity contribution in [2.75, 3.05) is 0 Å². The fourth-order valence-corrected chi connectivity index (χ4v) is 4.09. The molecular weight excluding hydrogens is 478 g/mol. The molecule has 0 fully saturated rings. The number of carboxylic acid groups (broad SMARTS) is 1. The lowest BCUT2D eigenvalue weighted by atomic mass is 9.98. The van der Waals surface area contributed by atoms with E-state index in [0.717, 1.165) is 0 Å². The van der Waals surface area contributed by atoms with E-state index in [1.54, 1.807) is 19.1 Å². The molecule has 9 nitrogen and oxygen atoms in total. The van der Waals surface area contributed by atoms with E-state index in [1.807, 2.05) is 6.92 Å². The summed E-state index contributed by atoms with van der Waals surface area (Å²) in [5, 5.41) is 41.2. The number of amides is 1. The minimum absolute atomic E-state index is 0.00500. The van der Waals surface area contributed by atoms with Crippen LogP contribution < -0.4 is 10.6 Å². The maximum atomic E-state index is 12.7. The quantitative estimate of drug-likeness (QED) is 0.216. The lowest BCUT2D eigenvalue weighted by molar-refractivity contribution is -0.147. The standard InChI is InChI=1S/C28H31NO8/c1-5-17(7-9-25(33)34)6-8-22(30)16(4)37-28(36)15(3)11-20-26-19-10-14(2)23(31)12-18(19)24(32)13-21(26)29-27(20)35/h6,8,10-13,16-17,22,30-32H,5,7,9H2,1-4H3,(H,33,34)/b8-6+,15-11-/t16-,17-,22-/m0/s1. The van der Waals surface area contributed by atoms with Gasteiger partial charge in [0.2, 0.25) is 0 Å². The van der Waals surface area contributed by atoms with Gasteiger partial charge < -0.3 is 25.2 Å². The molecule has 0 saturated carbocycles. The number of esters is 1. The van der Waals surface area contributed by atoms with Gasteiger partial charge in [0.1, 0.15) is 23.7 Å². The number of phenols is 2. The van der Waals surface area contributed by atoms with E-state index in [-0.39, 0.29) is 40.3 Å². The van der Waals surface area contributed by atoms with Gasteiger partial charge in [-0.25, -0.2) is 9.79 Å². The number of ether oxygens (including phenoxy) is 1. The number of aliphatic hydroxyl groups excluding tert-OH is 1. The van der Waals surface area contributed by atoms with Crippen molar-refractivity contribution in [3.8, 4) is 11.5 Å². The molecule has 0 radical (unpaired) electrons. The zero-order valence-corrected chi connectivity index (χ0v) is 21.2. The number of aliphatic hydroxyl groups is 1. The van der Waals surface area contributed by atoms with Gasteiger partial charge in [-0.15, -0.1) is 0 Å². The number of carboxylic acids is 1. The van der Waals surface area contributed by atoms with Crippen LogP contribution in [0.2, 0.25) is 0 Å². The molecule has 0 aromatic heterocycles. The van der Waals surface area contributed by atoms with Crippen LogP contribution in [0.15, 0.2) is 47.0 Å². The Kier molecular flexibility index (Phi) is 8.49. The van der Waals surface area contributed by atoms with E-state index in [0.29, 0.717) is 34.4 Å². The third kappa shape index (κ3) is 6.24. The van der Waals surface area contributed by atoms with Crippen LogP contribution in [0.4, 0.5) is 0 Å². The maximum absolute atomic E-state index is 12.7. The molecule has 4 N–H and O–H groups in total. The van der Waals surface area contributed by atoms with E-state index < -0.39 is 30.1 Å². The third-order valence-electron chi connectivity index (χ3n) is 6.42. The Morgan fingerprint density at radius 1 is 1.11 bits per heavy atom. The molecule has 1 aliphatic heterocycles. The van der Waals surface area contributed by atoms with Gasteiger partial charge in [-0.05, 0) is 68.7 Å². The number of hydrogen-bond donors (Lipinski definition) is 4. The summed E-state index contributed by atoms with van der Waals surface area (Å²) in [6.45, 7) is 6.62. The molecule has 2 aromatic rings. The van der Waals surface area contributed by atoms with Crippen molar-refractivity contribution < 1.29 is 39.5 Å². The molecule has 0 spiro atoms. The largest absolute Gasteiger partial charge is 0.508 e. The molecule has 9 heteroatoms. The van der Waals surface area contributed by atoms with Gasteiger partial charge in [-0.3, -0.25) is 9.59 Å². The lowest BCUT2D eigenvalue weighted by Gasteiger charge is -2.18. The molecule has 37 heavy (non-hydrogen) atoms. The second-order valence-electron chi connectivity index (χ2n) is 9.22. The van der Waals surface area contributed by atoms with Crippen molar-refractivity contribution in [2.45, 2.75) is 59.2 Å². The molecule has 0 unspecified atom stereocenters. The number of nitrogens with zero attached hydrogens (tertiary/aromatic N) is 1. The Hall–Kier alpha value is -3.98. The molecule has 0 bridgehead atoms. The first-order valence-corrected chi connectivity index (χ1v) is 12.0. The van der Waals surface area contributed by atoms with E-state index >= 15 is 0 Å². The number of aryl methyl sites for hydroxylation is 1. The SMILES string of the molecule is CC[C@@H](/C=C/[C@H](O)[C@H](C)OC(=O)/C(C)=C\C1=c2c(cc(O)c3cc(O)c(C)cc23)=NC1=O)CCC(=O)O. The van der Waals surface area contributed by atoms with Gasteiger partial charge >= 0.3 is 11.9 Å². The molecule has 0 saturated heterocycles. The zero-order chi connectivity index (χ0) is 27.4. The topological polar surface area (TPSA) is 154 Å². The molecule has 3 atom stereocenters. The first kappa shape index (κ1) is 27.6. The second kappa shape index (κ2) is 11.4. The molecule has 0 aliphatic carbocycles. The van der Waals surface area contributed by atoms with Crippen molar-refractivity contribution in [3.63, 3.8) is 0 Å². The number of aromatic hydroxyl groups is 2. The fraction of sp³-hybridized carbons (Fsp3) is 0.357. The van der Waals surface area contributed by atoms with Gasteiger partial charge in [-0.2, -0.15) is 0 Å². The van der Waals surface area contributed by atoms with Crippen LogP contribution in [-0.4, -0.2) is 50.5 Å². The van der Waals surface area contributed by atoms with Crippen LogP contribution in [0, 0.1) is 12.8 Å². The van der Waals surface area contributed by atoms with Crippen molar-refractivity contribution in [2.24, 2.45) is 10.9 Å². The highest BCUT2D eigenvalue weighted by molar-refractivity contribution is 6.21. The number of fused-ring (bicyclic) bond motifs is 3. The van der Waals surface area contributed by atoms with Gasteiger partial charge in [0, 0.05) is 28.7 Å². The van der Waals surface area contributed by atoms with E-state index in [1.165, 1.54) is 38.1 Å².